The summed E-state index contributed by atoms with van der Waals surface area (Å²) in [6, 6.07) is 3.68. The number of hydrogen-bond donors (Lipinski definition) is 1. The zero-order valence-corrected chi connectivity index (χ0v) is 10.7. The first-order chi connectivity index (χ1) is 8.49. The van der Waals surface area contributed by atoms with Crippen LogP contribution in [0.1, 0.15) is 12.8 Å². The molecule has 0 amide bonds. The van der Waals surface area contributed by atoms with Crippen LogP contribution in [0.5, 0.6) is 0 Å². The minimum atomic E-state index is -3.59. The van der Waals surface area contributed by atoms with Crippen LogP contribution < -0.4 is 5.73 Å². The van der Waals surface area contributed by atoms with Crippen molar-refractivity contribution in [3.63, 3.8) is 0 Å². The number of nitrogens with two attached hydrogens (primary N) is 1. The van der Waals surface area contributed by atoms with Crippen LogP contribution in [0.25, 0.3) is 0 Å². The third-order valence-corrected chi connectivity index (χ3v) is 5.00. The molecule has 2 rings (SSSR count). The molecule has 1 saturated heterocycles. The first kappa shape index (κ1) is 13.3. The number of rotatable bonds is 3. The molecule has 0 saturated carbocycles. The molecule has 2 N–H and O–H groups in total. The van der Waals surface area contributed by atoms with E-state index >= 15 is 0 Å². The van der Waals surface area contributed by atoms with Gasteiger partial charge in [0.1, 0.15) is 10.7 Å². The van der Waals surface area contributed by atoms with Crippen molar-refractivity contribution in [2.75, 3.05) is 24.7 Å². The normalized spacial score (nSPS) is 17.8. The van der Waals surface area contributed by atoms with E-state index in [2.05, 4.69) is 0 Å². The molecule has 100 valence electrons. The smallest absolute Gasteiger partial charge is 0.181 e. The lowest BCUT2D eigenvalue weighted by Crippen LogP contribution is -2.24. The lowest BCUT2D eigenvalue weighted by molar-refractivity contribution is 0.0723. The van der Waals surface area contributed by atoms with Crippen molar-refractivity contribution >= 4 is 15.5 Å². The van der Waals surface area contributed by atoms with Gasteiger partial charge in [-0.2, -0.15) is 0 Å². The van der Waals surface area contributed by atoms with Crippen LogP contribution >= 0.6 is 0 Å². The lowest BCUT2D eigenvalue weighted by Gasteiger charge is -2.21. The highest BCUT2D eigenvalue weighted by molar-refractivity contribution is 7.91. The lowest BCUT2D eigenvalue weighted by atomic mass is 10.0. The van der Waals surface area contributed by atoms with E-state index in [4.69, 9.17) is 10.5 Å². The van der Waals surface area contributed by atoms with Gasteiger partial charge in [0.2, 0.25) is 0 Å². The maximum atomic E-state index is 13.6. The monoisotopic (exact) mass is 273 g/mol. The quantitative estimate of drug-likeness (QED) is 0.849. The van der Waals surface area contributed by atoms with Crippen molar-refractivity contribution in [3.05, 3.63) is 24.0 Å². The third-order valence-electron chi connectivity index (χ3n) is 3.09. The summed E-state index contributed by atoms with van der Waals surface area (Å²) in [5.41, 5.74) is 5.62. The number of ether oxygens (including phenoxy) is 1. The molecule has 4 nitrogen and oxygen atoms in total. The summed E-state index contributed by atoms with van der Waals surface area (Å²) >= 11 is 0. The molecular weight excluding hydrogens is 257 g/mol. The van der Waals surface area contributed by atoms with E-state index in [1.807, 2.05) is 0 Å². The molecule has 0 atom stereocenters. The average Bonchev–Trinajstić information content (AvgIpc) is 2.29. The van der Waals surface area contributed by atoms with Crippen molar-refractivity contribution in [2.45, 2.75) is 17.7 Å². The molecule has 0 radical (unpaired) electrons. The number of hydrogen-bond acceptors (Lipinski definition) is 4. The van der Waals surface area contributed by atoms with Crippen molar-refractivity contribution in [2.24, 2.45) is 5.92 Å². The molecule has 18 heavy (non-hydrogen) atoms. The Balaban J connectivity index is 2.19. The Kier molecular flexibility index (Phi) is 3.87. The van der Waals surface area contributed by atoms with Crippen LogP contribution in [0.4, 0.5) is 10.1 Å². The van der Waals surface area contributed by atoms with Crippen LogP contribution in [-0.2, 0) is 14.6 Å². The standard InChI is InChI=1S/C12H16FNO3S/c13-11-7-10(14)1-2-12(11)18(15,16)8-9-3-5-17-6-4-9/h1-2,7,9H,3-6,8,14H2. The van der Waals surface area contributed by atoms with E-state index in [9.17, 15) is 12.8 Å². The topological polar surface area (TPSA) is 69.4 Å². The molecule has 1 aromatic rings. The second-order valence-corrected chi connectivity index (χ2v) is 6.53. The van der Waals surface area contributed by atoms with Gasteiger partial charge < -0.3 is 10.5 Å². The Bertz CT molecular complexity index is 524. The zero-order valence-electron chi connectivity index (χ0n) is 9.93. The van der Waals surface area contributed by atoms with Crippen molar-refractivity contribution in [1.29, 1.82) is 0 Å². The molecule has 0 bridgehead atoms. The van der Waals surface area contributed by atoms with Gasteiger partial charge in [-0.05, 0) is 37.0 Å². The van der Waals surface area contributed by atoms with Crippen LogP contribution in [0.2, 0.25) is 0 Å². The van der Waals surface area contributed by atoms with E-state index in [0.29, 0.717) is 26.1 Å². The SMILES string of the molecule is Nc1ccc(S(=O)(=O)CC2CCOCC2)c(F)c1. The van der Waals surface area contributed by atoms with E-state index in [-0.39, 0.29) is 22.3 Å². The minimum absolute atomic E-state index is 0.0306. The maximum Gasteiger partial charge on any atom is 0.181 e. The van der Waals surface area contributed by atoms with Crippen molar-refractivity contribution in [1.82, 2.24) is 0 Å². The third kappa shape index (κ3) is 3.00. The molecule has 0 unspecified atom stereocenters. The van der Waals surface area contributed by atoms with Gasteiger partial charge in [-0.15, -0.1) is 0 Å². The van der Waals surface area contributed by atoms with Crippen LogP contribution in [-0.4, -0.2) is 27.4 Å². The Morgan fingerprint density at radius 1 is 1.33 bits per heavy atom. The number of sulfone groups is 1. The molecule has 0 spiro atoms. The Labute approximate surface area is 106 Å². The van der Waals surface area contributed by atoms with Gasteiger partial charge in [-0.3, -0.25) is 0 Å². The van der Waals surface area contributed by atoms with Gasteiger partial charge >= 0.3 is 0 Å². The highest BCUT2D eigenvalue weighted by Crippen LogP contribution is 2.24. The van der Waals surface area contributed by atoms with E-state index in [1.165, 1.54) is 12.1 Å². The Morgan fingerprint density at radius 3 is 2.61 bits per heavy atom. The molecule has 0 aromatic heterocycles. The molecule has 1 aliphatic heterocycles. The van der Waals surface area contributed by atoms with Gasteiger partial charge in [0, 0.05) is 18.9 Å². The van der Waals surface area contributed by atoms with E-state index in [1.54, 1.807) is 0 Å². The van der Waals surface area contributed by atoms with Crippen molar-refractivity contribution < 1.29 is 17.5 Å². The molecule has 1 aliphatic rings. The fourth-order valence-corrected chi connectivity index (χ4v) is 3.85. The summed E-state index contributed by atoms with van der Waals surface area (Å²) in [5, 5.41) is 0. The second-order valence-electron chi connectivity index (χ2n) is 4.53. The van der Waals surface area contributed by atoms with Gasteiger partial charge in [0.05, 0.1) is 5.75 Å². The predicted octanol–water partition coefficient (Wildman–Crippen LogP) is 1.61. The molecular formula is C12H16FNO3S. The summed E-state index contributed by atoms with van der Waals surface area (Å²) in [5.74, 6) is -0.764. The molecule has 6 heteroatoms. The summed E-state index contributed by atoms with van der Waals surface area (Å²) in [6.45, 7) is 1.15. The molecule has 0 aliphatic carbocycles. The largest absolute Gasteiger partial charge is 0.399 e. The van der Waals surface area contributed by atoms with E-state index in [0.717, 1.165) is 6.07 Å². The van der Waals surface area contributed by atoms with Crippen LogP contribution in [0, 0.1) is 11.7 Å². The number of anilines is 1. The zero-order chi connectivity index (χ0) is 13.2. The van der Waals surface area contributed by atoms with Gasteiger partial charge in [-0.1, -0.05) is 0 Å². The molecule has 1 aromatic carbocycles. The van der Waals surface area contributed by atoms with Gasteiger partial charge in [-0.25, -0.2) is 12.8 Å². The van der Waals surface area contributed by atoms with Gasteiger partial charge in [0.15, 0.2) is 9.84 Å². The second kappa shape index (κ2) is 5.24. The Morgan fingerprint density at radius 2 is 2.00 bits per heavy atom. The highest BCUT2D eigenvalue weighted by Gasteiger charge is 2.25. The van der Waals surface area contributed by atoms with E-state index < -0.39 is 15.7 Å². The summed E-state index contributed by atoms with van der Waals surface area (Å²) in [6.07, 6.45) is 1.41. The first-order valence-corrected chi connectivity index (χ1v) is 7.50. The average molecular weight is 273 g/mol. The first-order valence-electron chi connectivity index (χ1n) is 5.84. The predicted molar refractivity (Wildman–Crippen MR) is 66.4 cm³/mol. The number of halogens is 1. The summed E-state index contributed by atoms with van der Waals surface area (Å²) in [4.78, 5) is -0.261. The maximum absolute atomic E-state index is 13.6. The fourth-order valence-electron chi connectivity index (χ4n) is 2.08. The number of nitrogen functional groups attached to an aromatic ring is 1. The number of benzene rings is 1. The Hall–Kier alpha value is -1.14. The summed E-state index contributed by atoms with van der Waals surface area (Å²) < 4.78 is 43.0. The van der Waals surface area contributed by atoms with Crippen molar-refractivity contribution in [3.8, 4) is 0 Å². The van der Waals surface area contributed by atoms with Crippen LogP contribution in [0.3, 0.4) is 0 Å². The molecule has 1 heterocycles. The van der Waals surface area contributed by atoms with Gasteiger partial charge in [0.25, 0.3) is 0 Å². The summed E-state index contributed by atoms with van der Waals surface area (Å²) in [7, 11) is -3.59. The van der Waals surface area contributed by atoms with Crippen LogP contribution in [0.15, 0.2) is 23.1 Å². The molecule has 1 fully saturated rings. The highest BCUT2D eigenvalue weighted by atomic mass is 32.2. The minimum Gasteiger partial charge on any atom is -0.399 e. The fraction of sp³-hybridized carbons (Fsp3) is 0.500.